The van der Waals surface area contributed by atoms with Crippen molar-refractivity contribution >= 4 is 0 Å². The Morgan fingerprint density at radius 1 is 0.885 bits per heavy atom. The highest BCUT2D eigenvalue weighted by molar-refractivity contribution is 5.65. The van der Waals surface area contributed by atoms with E-state index in [1.165, 1.54) is 5.56 Å². The van der Waals surface area contributed by atoms with E-state index in [4.69, 9.17) is 0 Å². The Balaban J connectivity index is 1.65. The average Bonchev–Trinajstić information content (AvgIpc) is 2.65. The molecule has 140 valence electrons. The van der Waals surface area contributed by atoms with E-state index in [0.29, 0.717) is 29.4 Å². The van der Waals surface area contributed by atoms with Crippen molar-refractivity contribution in [1.29, 1.82) is 0 Å². The van der Waals surface area contributed by atoms with Gasteiger partial charge in [-0.1, -0.05) is 36.4 Å². The Hall–Kier alpha value is -1.84. The number of hydrogen-bond acceptors (Lipinski definition) is 0. The van der Waals surface area contributed by atoms with Crippen LogP contribution in [-0.4, -0.2) is 6.43 Å². The zero-order valence-corrected chi connectivity index (χ0v) is 15.0. The molecular formula is C22H24F4. The van der Waals surface area contributed by atoms with E-state index >= 15 is 0 Å². The van der Waals surface area contributed by atoms with Crippen LogP contribution in [0.5, 0.6) is 0 Å². The third kappa shape index (κ3) is 4.28. The lowest BCUT2D eigenvalue weighted by Crippen LogP contribution is -2.14. The number of halogens is 4. The van der Waals surface area contributed by atoms with Crippen LogP contribution >= 0.6 is 0 Å². The molecule has 0 unspecified atom stereocenters. The van der Waals surface area contributed by atoms with Crippen LogP contribution in [-0.2, 0) is 0 Å². The zero-order valence-electron chi connectivity index (χ0n) is 15.0. The molecule has 26 heavy (non-hydrogen) atoms. The molecule has 0 spiro atoms. The summed E-state index contributed by atoms with van der Waals surface area (Å²) < 4.78 is 52.6. The largest absolute Gasteiger partial charge is 0.238 e. The Bertz CT molecular complexity index is 729. The predicted molar refractivity (Wildman–Crippen MR) is 96.5 cm³/mol. The van der Waals surface area contributed by atoms with Gasteiger partial charge in [-0.15, -0.1) is 0 Å². The molecule has 1 saturated carbocycles. The second kappa shape index (κ2) is 8.24. The van der Waals surface area contributed by atoms with Gasteiger partial charge in [-0.3, -0.25) is 0 Å². The molecule has 0 aromatic heterocycles. The van der Waals surface area contributed by atoms with Gasteiger partial charge in [-0.25, -0.2) is 17.6 Å². The van der Waals surface area contributed by atoms with Crippen LogP contribution in [0.15, 0.2) is 36.4 Å². The smallest absolute Gasteiger partial charge is 0.211 e. The van der Waals surface area contributed by atoms with Gasteiger partial charge in [-0.2, -0.15) is 0 Å². The van der Waals surface area contributed by atoms with Crippen molar-refractivity contribution in [2.24, 2.45) is 5.92 Å². The van der Waals surface area contributed by atoms with E-state index in [2.05, 4.69) is 0 Å². The first-order valence-electron chi connectivity index (χ1n) is 9.28. The van der Waals surface area contributed by atoms with Crippen molar-refractivity contribution in [2.45, 2.75) is 57.8 Å². The van der Waals surface area contributed by atoms with Crippen LogP contribution in [0, 0.1) is 24.5 Å². The topological polar surface area (TPSA) is 0 Å². The maximum Gasteiger partial charge on any atom is 0.238 e. The van der Waals surface area contributed by atoms with Crippen molar-refractivity contribution in [3.05, 3.63) is 59.2 Å². The van der Waals surface area contributed by atoms with Crippen molar-refractivity contribution in [1.82, 2.24) is 0 Å². The molecule has 0 radical (unpaired) electrons. The summed E-state index contributed by atoms with van der Waals surface area (Å²) in [5.74, 6) is -0.776. The van der Waals surface area contributed by atoms with Gasteiger partial charge in [0.25, 0.3) is 0 Å². The molecule has 0 saturated heterocycles. The van der Waals surface area contributed by atoms with Crippen LogP contribution in [0.1, 0.15) is 55.6 Å². The lowest BCUT2D eigenvalue weighted by atomic mass is 9.77. The second-order valence-electron chi connectivity index (χ2n) is 7.37. The van der Waals surface area contributed by atoms with Gasteiger partial charge in [0.05, 0.1) is 0 Å². The molecule has 0 aliphatic heterocycles. The van der Waals surface area contributed by atoms with Crippen molar-refractivity contribution in [3.63, 3.8) is 0 Å². The lowest BCUT2D eigenvalue weighted by Gasteiger charge is -2.29. The van der Waals surface area contributed by atoms with Crippen LogP contribution < -0.4 is 0 Å². The fourth-order valence-electron chi connectivity index (χ4n) is 3.95. The maximum atomic E-state index is 14.1. The van der Waals surface area contributed by atoms with Gasteiger partial charge in [0.1, 0.15) is 0 Å². The molecule has 0 bridgehead atoms. The fraction of sp³-hybridized carbons (Fsp3) is 0.455. The van der Waals surface area contributed by atoms with Gasteiger partial charge >= 0.3 is 0 Å². The highest BCUT2D eigenvalue weighted by Crippen LogP contribution is 2.38. The summed E-state index contributed by atoms with van der Waals surface area (Å²) in [4.78, 5) is 0. The van der Waals surface area contributed by atoms with Gasteiger partial charge in [0.15, 0.2) is 11.6 Å². The summed E-state index contributed by atoms with van der Waals surface area (Å²) in [6.45, 7) is 1.54. The first-order valence-corrected chi connectivity index (χ1v) is 9.28. The van der Waals surface area contributed by atoms with Gasteiger partial charge in [-0.05, 0) is 67.6 Å². The van der Waals surface area contributed by atoms with E-state index in [1.54, 1.807) is 19.1 Å². The summed E-state index contributed by atoms with van der Waals surface area (Å²) in [7, 11) is 0. The molecule has 3 rings (SSSR count). The SMILES string of the molecule is Cc1ccc(-c2ccc(C3CCC(CCC(F)F)CC3)cc2)c(F)c1F. The highest BCUT2D eigenvalue weighted by atomic mass is 19.3. The summed E-state index contributed by atoms with van der Waals surface area (Å²) in [5.41, 5.74) is 2.42. The normalized spacial score (nSPS) is 20.5. The lowest BCUT2D eigenvalue weighted by molar-refractivity contribution is 0.122. The third-order valence-corrected chi connectivity index (χ3v) is 5.61. The van der Waals surface area contributed by atoms with Crippen molar-refractivity contribution in [2.75, 3.05) is 0 Å². The minimum absolute atomic E-state index is 0.00268. The monoisotopic (exact) mass is 364 g/mol. The van der Waals surface area contributed by atoms with E-state index in [-0.39, 0.29) is 12.0 Å². The molecule has 1 aliphatic carbocycles. The van der Waals surface area contributed by atoms with Gasteiger partial charge in [0.2, 0.25) is 6.43 Å². The molecule has 1 aliphatic rings. The number of benzene rings is 2. The van der Waals surface area contributed by atoms with E-state index < -0.39 is 18.1 Å². The van der Waals surface area contributed by atoms with Crippen LogP contribution in [0.25, 0.3) is 11.1 Å². The van der Waals surface area contributed by atoms with Gasteiger partial charge in [0, 0.05) is 12.0 Å². The number of hydrogen-bond donors (Lipinski definition) is 0. The van der Waals surface area contributed by atoms with Crippen LogP contribution in [0.4, 0.5) is 17.6 Å². The summed E-state index contributed by atoms with van der Waals surface area (Å²) in [6.07, 6.45) is 2.38. The van der Waals surface area contributed by atoms with Crippen molar-refractivity contribution < 1.29 is 17.6 Å². The Morgan fingerprint density at radius 2 is 1.54 bits per heavy atom. The molecule has 2 aromatic rings. The molecule has 0 nitrogen and oxygen atoms in total. The molecule has 0 amide bonds. The maximum absolute atomic E-state index is 14.1. The summed E-state index contributed by atoms with van der Waals surface area (Å²) in [6, 6.07) is 10.8. The summed E-state index contributed by atoms with van der Waals surface area (Å²) >= 11 is 0. The first-order chi connectivity index (χ1) is 12.5. The third-order valence-electron chi connectivity index (χ3n) is 5.61. The second-order valence-corrected chi connectivity index (χ2v) is 7.37. The quantitative estimate of drug-likeness (QED) is 0.490. The zero-order chi connectivity index (χ0) is 18.7. The average molecular weight is 364 g/mol. The molecule has 0 heterocycles. The highest BCUT2D eigenvalue weighted by Gasteiger charge is 2.23. The van der Waals surface area contributed by atoms with Gasteiger partial charge < -0.3 is 0 Å². The van der Waals surface area contributed by atoms with Crippen LogP contribution in [0.2, 0.25) is 0 Å². The van der Waals surface area contributed by atoms with Crippen molar-refractivity contribution in [3.8, 4) is 11.1 Å². The molecule has 4 heteroatoms. The van der Waals surface area contributed by atoms with E-state index in [1.807, 2.05) is 24.3 Å². The molecule has 1 fully saturated rings. The summed E-state index contributed by atoms with van der Waals surface area (Å²) in [5, 5.41) is 0. The number of rotatable bonds is 5. The molecule has 2 aromatic carbocycles. The minimum atomic E-state index is -2.20. The number of aryl methyl sites for hydroxylation is 1. The van der Waals surface area contributed by atoms with Crippen LogP contribution in [0.3, 0.4) is 0 Å². The standard InChI is InChI=1S/C22H24F4/c1-14-2-12-19(22(26)21(14)25)18-10-8-17(9-11-18)16-6-3-15(4-7-16)5-13-20(23)24/h2,8-12,15-16,20H,3-7,13H2,1H3. The molecular weight excluding hydrogens is 340 g/mol. The molecule has 0 atom stereocenters. The Morgan fingerprint density at radius 3 is 2.15 bits per heavy atom. The van der Waals surface area contributed by atoms with E-state index in [0.717, 1.165) is 25.7 Å². The Labute approximate surface area is 152 Å². The Kier molecular flexibility index (Phi) is 6.00. The minimum Gasteiger partial charge on any atom is -0.211 e. The first kappa shape index (κ1) is 18.9. The predicted octanol–water partition coefficient (Wildman–Crippen LogP) is 7.26. The number of alkyl halides is 2. The molecule has 0 N–H and O–H groups in total. The van der Waals surface area contributed by atoms with E-state index in [9.17, 15) is 17.6 Å². The fourth-order valence-corrected chi connectivity index (χ4v) is 3.95.